The van der Waals surface area contributed by atoms with Crippen molar-refractivity contribution in [2.45, 2.75) is 13.3 Å². The van der Waals surface area contributed by atoms with Gasteiger partial charge in [-0.1, -0.05) is 30.3 Å². The van der Waals surface area contributed by atoms with Crippen molar-refractivity contribution in [3.63, 3.8) is 0 Å². The highest BCUT2D eigenvalue weighted by atomic mass is 32.1. The van der Waals surface area contributed by atoms with E-state index in [-0.39, 0.29) is 0 Å². The molecule has 0 amide bonds. The first-order valence-corrected chi connectivity index (χ1v) is 8.11. The first-order valence-electron chi connectivity index (χ1n) is 7.30. The van der Waals surface area contributed by atoms with Gasteiger partial charge in [-0.2, -0.15) is 0 Å². The highest BCUT2D eigenvalue weighted by molar-refractivity contribution is 7.18. The molecule has 1 N–H and O–H groups in total. The molecular weight excluding hydrogens is 294 g/mol. The van der Waals surface area contributed by atoms with Crippen LogP contribution in [0.5, 0.6) is 0 Å². The molecule has 0 bridgehead atoms. The van der Waals surface area contributed by atoms with Gasteiger partial charge in [0.2, 0.25) is 0 Å². The van der Waals surface area contributed by atoms with E-state index in [9.17, 15) is 0 Å². The van der Waals surface area contributed by atoms with Gasteiger partial charge in [-0.15, -0.1) is 11.3 Å². The lowest BCUT2D eigenvalue weighted by molar-refractivity contribution is 0.210. The molecule has 0 atom stereocenters. The quantitative estimate of drug-likeness (QED) is 0.706. The lowest BCUT2D eigenvalue weighted by atomic mass is 10.1. The van der Waals surface area contributed by atoms with Gasteiger partial charge in [-0.05, 0) is 18.6 Å². The summed E-state index contributed by atoms with van der Waals surface area (Å²) in [5.74, 6) is 1.75. The summed E-state index contributed by atoms with van der Waals surface area (Å²) in [4.78, 5) is 11.7. The molecule has 0 saturated carbocycles. The van der Waals surface area contributed by atoms with Crippen LogP contribution in [0.15, 0.2) is 36.4 Å². The van der Waals surface area contributed by atoms with Crippen LogP contribution < -0.4 is 5.32 Å². The molecule has 2 heterocycles. The molecule has 0 saturated heterocycles. The van der Waals surface area contributed by atoms with Crippen LogP contribution in [-0.2, 0) is 11.2 Å². The molecule has 0 fully saturated rings. The lowest BCUT2D eigenvalue weighted by Gasteiger charge is -2.08. The van der Waals surface area contributed by atoms with Crippen molar-refractivity contribution >= 4 is 27.4 Å². The average molecular weight is 313 g/mol. The topological polar surface area (TPSA) is 47.0 Å². The minimum atomic E-state index is 0.655. The lowest BCUT2D eigenvalue weighted by Crippen LogP contribution is -2.10. The van der Waals surface area contributed by atoms with E-state index in [1.54, 1.807) is 18.4 Å². The molecule has 1 aromatic carbocycles. The second-order valence-electron chi connectivity index (χ2n) is 5.15. The van der Waals surface area contributed by atoms with Crippen LogP contribution in [0, 0.1) is 6.92 Å². The molecular formula is C17H19N3OS. The van der Waals surface area contributed by atoms with Gasteiger partial charge >= 0.3 is 0 Å². The van der Waals surface area contributed by atoms with E-state index in [0.29, 0.717) is 6.61 Å². The number of ether oxygens (including phenoxy) is 1. The van der Waals surface area contributed by atoms with Gasteiger partial charge in [0.1, 0.15) is 16.5 Å². The van der Waals surface area contributed by atoms with Gasteiger partial charge in [0.05, 0.1) is 12.0 Å². The maximum absolute atomic E-state index is 5.10. The third-order valence-electron chi connectivity index (χ3n) is 3.37. The number of aromatic nitrogens is 2. The van der Waals surface area contributed by atoms with Crippen molar-refractivity contribution in [1.82, 2.24) is 9.97 Å². The fraction of sp³-hybridized carbons (Fsp3) is 0.294. The smallest absolute Gasteiger partial charge is 0.138 e. The molecule has 0 aliphatic heterocycles. The predicted molar refractivity (Wildman–Crippen MR) is 91.8 cm³/mol. The second-order valence-corrected chi connectivity index (χ2v) is 6.38. The first-order chi connectivity index (χ1) is 10.8. The van der Waals surface area contributed by atoms with E-state index in [4.69, 9.17) is 14.7 Å². The van der Waals surface area contributed by atoms with E-state index < -0.39 is 0 Å². The zero-order valence-corrected chi connectivity index (χ0v) is 13.6. The van der Waals surface area contributed by atoms with Gasteiger partial charge in [-0.3, -0.25) is 0 Å². The Balaban J connectivity index is 1.93. The van der Waals surface area contributed by atoms with Crippen molar-refractivity contribution in [3.05, 3.63) is 52.7 Å². The molecule has 0 aliphatic carbocycles. The summed E-state index contributed by atoms with van der Waals surface area (Å²) in [6, 6.07) is 12.5. The minimum absolute atomic E-state index is 0.655. The number of fused-ring (bicyclic) bond motifs is 1. The van der Waals surface area contributed by atoms with E-state index in [2.05, 4.69) is 30.4 Å². The maximum atomic E-state index is 5.10. The van der Waals surface area contributed by atoms with Gasteiger partial charge in [-0.25, -0.2) is 9.97 Å². The fourth-order valence-corrected chi connectivity index (χ4v) is 3.25. The average Bonchev–Trinajstić information content (AvgIpc) is 2.89. The van der Waals surface area contributed by atoms with E-state index in [0.717, 1.165) is 34.8 Å². The monoisotopic (exact) mass is 313 g/mol. The van der Waals surface area contributed by atoms with E-state index >= 15 is 0 Å². The Morgan fingerprint density at radius 2 is 2.00 bits per heavy atom. The third-order valence-corrected chi connectivity index (χ3v) is 4.31. The summed E-state index contributed by atoms with van der Waals surface area (Å²) in [5.41, 5.74) is 1.22. The Bertz CT molecular complexity index is 755. The van der Waals surface area contributed by atoms with Crippen LogP contribution in [0.25, 0.3) is 10.2 Å². The largest absolute Gasteiger partial charge is 0.383 e. The number of hydrogen-bond donors (Lipinski definition) is 1. The van der Waals surface area contributed by atoms with Gasteiger partial charge in [0.25, 0.3) is 0 Å². The summed E-state index contributed by atoms with van der Waals surface area (Å²) >= 11 is 1.71. The highest BCUT2D eigenvalue weighted by Crippen LogP contribution is 2.28. The summed E-state index contributed by atoms with van der Waals surface area (Å²) in [7, 11) is 1.70. The highest BCUT2D eigenvalue weighted by Gasteiger charge is 2.10. The zero-order valence-electron chi connectivity index (χ0n) is 12.8. The first kappa shape index (κ1) is 14.9. The standard InChI is InChI=1S/C17H19N3OS/c1-12-10-14-16(18-8-9-21-2)19-15(20-17(14)22-12)11-13-6-4-3-5-7-13/h3-7,10H,8-9,11H2,1-2H3,(H,18,19,20). The Hall–Kier alpha value is -1.98. The molecule has 0 unspecified atom stereocenters. The van der Waals surface area contributed by atoms with Crippen molar-refractivity contribution in [2.24, 2.45) is 0 Å². The molecule has 5 heteroatoms. The number of anilines is 1. The molecule has 3 aromatic rings. The van der Waals surface area contributed by atoms with Crippen LogP contribution in [0.3, 0.4) is 0 Å². The molecule has 4 nitrogen and oxygen atoms in total. The third kappa shape index (κ3) is 3.43. The molecule has 3 rings (SSSR count). The number of methoxy groups -OCH3 is 1. The Labute approximate surface area is 134 Å². The fourth-order valence-electron chi connectivity index (χ4n) is 2.35. The van der Waals surface area contributed by atoms with Crippen LogP contribution >= 0.6 is 11.3 Å². The normalized spacial score (nSPS) is 11.0. The Morgan fingerprint density at radius 1 is 1.18 bits per heavy atom. The van der Waals surface area contributed by atoms with Crippen LogP contribution in [0.4, 0.5) is 5.82 Å². The number of nitrogens with zero attached hydrogens (tertiary/aromatic N) is 2. The summed E-state index contributed by atoms with van der Waals surface area (Å²) in [6.45, 7) is 3.49. The molecule has 114 valence electrons. The summed E-state index contributed by atoms with van der Waals surface area (Å²) in [5, 5.41) is 4.45. The van der Waals surface area contributed by atoms with Gasteiger partial charge in [0, 0.05) is 25.0 Å². The van der Waals surface area contributed by atoms with Crippen LogP contribution in [0.1, 0.15) is 16.3 Å². The number of hydrogen-bond acceptors (Lipinski definition) is 5. The summed E-state index contributed by atoms with van der Waals surface area (Å²) in [6.07, 6.45) is 0.743. The van der Waals surface area contributed by atoms with Crippen molar-refractivity contribution < 1.29 is 4.74 Å². The van der Waals surface area contributed by atoms with Gasteiger partial charge < -0.3 is 10.1 Å². The van der Waals surface area contributed by atoms with Crippen LogP contribution in [0.2, 0.25) is 0 Å². The predicted octanol–water partition coefficient (Wildman–Crippen LogP) is 3.65. The van der Waals surface area contributed by atoms with Crippen molar-refractivity contribution in [1.29, 1.82) is 0 Å². The SMILES string of the molecule is COCCNc1nc(Cc2ccccc2)nc2sc(C)cc12. The Kier molecular flexibility index (Phi) is 4.65. The van der Waals surface area contributed by atoms with Crippen LogP contribution in [-0.4, -0.2) is 30.2 Å². The summed E-state index contributed by atoms with van der Waals surface area (Å²) < 4.78 is 5.10. The number of nitrogens with one attached hydrogen (secondary N) is 1. The molecule has 0 spiro atoms. The van der Waals surface area contributed by atoms with Crippen molar-refractivity contribution in [3.8, 4) is 0 Å². The minimum Gasteiger partial charge on any atom is -0.383 e. The van der Waals surface area contributed by atoms with E-state index in [1.165, 1.54) is 10.4 Å². The molecule has 0 radical (unpaired) electrons. The van der Waals surface area contributed by atoms with Crippen molar-refractivity contribution in [2.75, 3.05) is 25.6 Å². The maximum Gasteiger partial charge on any atom is 0.138 e. The molecule has 0 aliphatic rings. The van der Waals surface area contributed by atoms with Gasteiger partial charge in [0.15, 0.2) is 0 Å². The molecule has 22 heavy (non-hydrogen) atoms. The number of rotatable bonds is 6. The second kappa shape index (κ2) is 6.85. The number of benzene rings is 1. The number of aryl methyl sites for hydroxylation is 1. The zero-order chi connectivity index (χ0) is 15.4. The van der Waals surface area contributed by atoms with E-state index in [1.807, 2.05) is 18.2 Å². The number of thiophene rings is 1. The molecule has 2 aromatic heterocycles. The Morgan fingerprint density at radius 3 is 2.77 bits per heavy atom.